The summed E-state index contributed by atoms with van der Waals surface area (Å²) in [6.45, 7) is 1.76. The smallest absolute Gasteiger partial charge is 0.395 e. The zero-order valence-electron chi connectivity index (χ0n) is 9.25. The molecule has 0 fully saturated rings. The number of hydrogen-bond acceptors (Lipinski definition) is 3. The van der Waals surface area contributed by atoms with Crippen molar-refractivity contribution in [2.75, 3.05) is 7.05 Å². The molecular weight excluding hydrogens is 228 g/mol. The lowest BCUT2D eigenvalue weighted by atomic mass is 10.2. The van der Waals surface area contributed by atoms with Gasteiger partial charge in [0.05, 0.1) is 5.71 Å². The lowest BCUT2D eigenvalue weighted by Crippen LogP contribution is -2.25. The normalized spacial score (nSPS) is 16.4. The lowest BCUT2D eigenvalue weighted by Gasteiger charge is -2.04. The average Bonchev–Trinajstić information content (AvgIpc) is 2.58. The van der Waals surface area contributed by atoms with Crippen molar-refractivity contribution in [3.05, 3.63) is 23.8 Å². The Balaban J connectivity index is 2.27. The van der Waals surface area contributed by atoms with Crippen LogP contribution in [0.15, 0.2) is 23.2 Å². The molecule has 0 aliphatic carbocycles. The van der Waals surface area contributed by atoms with Gasteiger partial charge in [-0.05, 0) is 25.0 Å². The van der Waals surface area contributed by atoms with E-state index in [-0.39, 0.29) is 11.5 Å². The van der Waals surface area contributed by atoms with Gasteiger partial charge in [-0.1, -0.05) is 5.92 Å². The fraction of sp³-hybridized carbons (Fsp3) is 0.250. The molecule has 1 aromatic rings. The second-order valence-electron chi connectivity index (χ2n) is 3.39. The van der Waals surface area contributed by atoms with E-state index in [0.717, 1.165) is 0 Å². The van der Waals surface area contributed by atoms with E-state index in [2.05, 4.69) is 26.3 Å². The van der Waals surface area contributed by atoms with Gasteiger partial charge in [-0.3, -0.25) is 4.99 Å². The van der Waals surface area contributed by atoms with Crippen LogP contribution in [-0.4, -0.2) is 19.1 Å². The highest BCUT2D eigenvalue weighted by Crippen LogP contribution is 2.40. The summed E-state index contributed by atoms with van der Waals surface area (Å²) in [5.74, 6) is 5.58. The molecule has 1 heterocycles. The topological polar surface area (TPSA) is 30.8 Å². The van der Waals surface area contributed by atoms with Gasteiger partial charge in [0.15, 0.2) is 11.5 Å². The molecule has 0 amide bonds. The van der Waals surface area contributed by atoms with Gasteiger partial charge >= 0.3 is 6.29 Å². The van der Waals surface area contributed by atoms with Crippen molar-refractivity contribution in [3.8, 4) is 23.3 Å². The second kappa shape index (κ2) is 4.06. The van der Waals surface area contributed by atoms with E-state index in [4.69, 9.17) is 0 Å². The van der Waals surface area contributed by atoms with E-state index < -0.39 is 6.29 Å². The molecule has 17 heavy (non-hydrogen) atoms. The maximum Gasteiger partial charge on any atom is 0.586 e. The number of ether oxygens (including phenoxy) is 2. The SMILES string of the molecule is CN=C(C)C#Cc1ccc2c(c1)OC(F)(F)O2. The number of nitrogens with zero attached hydrogens (tertiary/aromatic N) is 1. The zero-order chi connectivity index (χ0) is 12.5. The molecule has 88 valence electrons. The van der Waals surface area contributed by atoms with Gasteiger partial charge < -0.3 is 9.47 Å². The third kappa shape index (κ3) is 2.53. The van der Waals surface area contributed by atoms with Crippen molar-refractivity contribution in [3.63, 3.8) is 0 Å². The summed E-state index contributed by atoms with van der Waals surface area (Å²) in [6, 6.07) is 4.39. The Morgan fingerprint density at radius 1 is 1.29 bits per heavy atom. The molecule has 0 N–H and O–H groups in total. The lowest BCUT2D eigenvalue weighted by molar-refractivity contribution is -0.286. The first-order valence-corrected chi connectivity index (χ1v) is 4.85. The Morgan fingerprint density at radius 3 is 2.71 bits per heavy atom. The van der Waals surface area contributed by atoms with Gasteiger partial charge in [0, 0.05) is 18.7 Å². The van der Waals surface area contributed by atoms with Crippen molar-refractivity contribution in [1.29, 1.82) is 0 Å². The van der Waals surface area contributed by atoms with Crippen LogP contribution < -0.4 is 9.47 Å². The number of benzene rings is 1. The van der Waals surface area contributed by atoms with E-state index in [0.29, 0.717) is 11.3 Å². The summed E-state index contributed by atoms with van der Waals surface area (Å²) in [6.07, 6.45) is -3.59. The molecule has 0 aromatic heterocycles. The number of rotatable bonds is 0. The Labute approximate surface area is 97.1 Å². The molecule has 0 saturated carbocycles. The van der Waals surface area contributed by atoms with Crippen LogP contribution in [-0.2, 0) is 0 Å². The summed E-state index contributed by atoms with van der Waals surface area (Å²) in [5, 5.41) is 0. The molecule has 0 saturated heterocycles. The molecule has 0 unspecified atom stereocenters. The Hall–Kier alpha value is -2.09. The predicted octanol–water partition coefficient (Wildman–Crippen LogP) is 2.45. The van der Waals surface area contributed by atoms with E-state index in [1.807, 2.05) is 0 Å². The van der Waals surface area contributed by atoms with Crippen LogP contribution in [0.1, 0.15) is 12.5 Å². The van der Waals surface area contributed by atoms with Gasteiger partial charge in [-0.2, -0.15) is 0 Å². The van der Waals surface area contributed by atoms with E-state index in [1.165, 1.54) is 12.1 Å². The van der Waals surface area contributed by atoms with Crippen LogP contribution in [0.5, 0.6) is 11.5 Å². The highest BCUT2D eigenvalue weighted by Gasteiger charge is 2.43. The molecule has 1 aromatic carbocycles. The number of hydrogen-bond donors (Lipinski definition) is 0. The van der Waals surface area contributed by atoms with Gasteiger partial charge in [-0.25, -0.2) is 0 Å². The fourth-order valence-electron chi connectivity index (χ4n) is 1.25. The minimum Gasteiger partial charge on any atom is -0.395 e. The van der Waals surface area contributed by atoms with E-state index >= 15 is 0 Å². The van der Waals surface area contributed by atoms with Crippen LogP contribution in [0.25, 0.3) is 0 Å². The third-order valence-electron chi connectivity index (χ3n) is 2.12. The quantitative estimate of drug-likeness (QED) is 0.512. The zero-order valence-corrected chi connectivity index (χ0v) is 9.25. The second-order valence-corrected chi connectivity index (χ2v) is 3.39. The number of alkyl halides is 2. The van der Waals surface area contributed by atoms with E-state index in [9.17, 15) is 8.78 Å². The molecule has 0 atom stereocenters. The van der Waals surface area contributed by atoms with Crippen molar-refractivity contribution in [2.24, 2.45) is 4.99 Å². The first-order chi connectivity index (χ1) is 8.00. The summed E-state index contributed by atoms with van der Waals surface area (Å²) < 4.78 is 34.1. The van der Waals surface area contributed by atoms with Crippen LogP contribution in [0.4, 0.5) is 8.78 Å². The summed E-state index contributed by atoms with van der Waals surface area (Å²) >= 11 is 0. The van der Waals surface area contributed by atoms with Crippen molar-refractivity contribution in [1.82, 2.24) is 0 Å². The van der Waals surface area contributed by atoms with Crippen molar-refractivity contribution >= 4 is 5.71 Å². The number of fused-ring (bicyclic) bond motifs is 1. The monoisotopic (exact) mass is 237 g/mol. The minimum atomic E-state index is -3.59. The van der Waals surface area contributed by atoms with Crippen molar-refractivity contribution in [2.45, 2.75) is 13.2 Å². The molecule has 5 heteroatoms. The summed E-state index contributed by atoms with van der Waals surface area (Å²) in [7, 11) is 1.63. The standard InChI is InChI=1S/C12H9F2NO2/c1-8(15-2)3-4-9-5-6-10-11(7-9)17-12(13,14)16-10/h5-7H,1-2H3. The van der Waals surface area contributed by atoms with Gasteiger partial charge in [-0.15, -0.1) is 8.78 Å². The summed E-state index contributed by atoms with van der Waals surface area (Å²) in [5.41, 5.74) is 1.22. The van der Waals surface area contributed by atoms with E-state index in [1.54, 1.807) is 20.0 Å². The number of aliphatic imine (C=N–C) groups is 1. The van der Waals surface area contributed by atoms with Crippen LogP contribution in [0, 0.1) is 11.8 Å². The molecule has 1 aliphatic rings. The van der Waals surface area contributed by atoms with Crippen LogP contribution in [0.2, 0.25) is 0 Å². The first kappa shape index (κ1) is 11.4. The maximum atomic E-state index is 12.7. The average molecular weight is 237 g/mol. The first-order valence-electron chi connectivity index (χ1n) is 4.85. The Kier molecular flexibility index (Phi) is 2.72. The third-order valence-corrected chi connectivity index (χ3v) is 2.12. The van der Waals surface area contributed by atoms with Gasteiger partial charge in [0.25, 0.3) is 0 Å². The Bertz CT molecular complexity index is 541. The molecule has 0 spiro atoms. The highest BCUT2D eigenvalue weighted by atomic mass is 19.3. The largest absolute Gasteiger partial charge is 0.586 e. The Morgan fingerprint density at radius 2 is 2.00 bits per heavy atom. The highest BCUT2D eigenvalue weighted by molar-refractivity contribution is 5.98. The molecule has 0 radical (unpaired) electrons. The minimum absolute atomic E-state index is 0.00658. The molecule has 1 aliphatic heterocycles. The van der Waals surface area contributed by atoms with Crippen molar-refractivity contribution < 1.29 is 18.3 Å². The summed E-state index contributed by atoms with van der Waals surface area (Å²) in [4.78, 5) is 3.87. The van der Waals surface area contributed by atoms with Crippen LogP contribution >= 0.6 is 0 Å². The van der Waals surface area contributed by atoms with Gasteiger partial charge in [0.1, 0.15) is 0 Å². The number of halogens is 2. The molecule has 2 rings (SSSR count). The maximum absolute atomic E-state index is 12.7. The fourth-order valence-corrected chi connectivity index (χ4v) is 1.25. The van der Waals surface area contributed by atoms with Gasteiger partial charge in [0.2, 0.25) is 0 Å². The molecular formula is C12H9F2NO2. The molecule has 3 nitrogen and oxygen atoms in total. The molecule has 0 bridgehead atoms. The predicted molar refractivity (Wildman–Crippen MR) is 58.6 cm³/mol. The van der Waals surface area contributed by atoms with Crippen LogP contribution in [0.3, 0.4) is 0 Å².